The van der Waals surface area contributed by atoms with Crippen LogP contribution in [0.4, 0.5) is 0 Å². The van der Waals surface area contributed by atoms with Crippen molar-refractivity contribution in [3.05, 3.63) is 0 Å². The van der Waals surface area contributed by atoms with E-state index in [4.69, 9.17) is 0 Å². The van der Waals surface area contributed by atoms with Gasteiger partial charge in [0.25, 0.3) is 0 Å². The normalized spacial score (nSPS) is 32.6. The topological polar surface area (TPSA) is 0 Å². The molecule has 2 rings (SSSR count). The molecule has 0 amide bonds. The monoisotopic (exact) mass is 258 g/mol. The van der Waals surface area contributed by atoms with E-state index in [2.05, 4.69) is 13.8 Å². The third-order valence-electron chi connectivity index (χ3n) is 5.85. The summed E-state index contributed by atoms with van der Waals surface area (Å²) in [5.41, 5.74) is 0. The Kier molecular flexibility index (Phi) is 4.50. The molecule has 1 unspecified atom stereocenters. The molecule has 0 aromatic carbocycles. The highest BCUT2D eigenvalue weighted by Crippen LogP contribution is 2.78. The maximum Gasteiger partial charge on any atom is -0.0328 e. The maximum atomic E-state index is 2.38. The van der Waals surface area contributed by atoms with Crippen molar-refractivity contribution in [3.63, 3.8) is 0 Å². The molecule has 104 valence electrons. The quantitative estimate of drug-likeness (QED) is 0.510. The van der Waals surface area contributed by atoms with Crippen LogP contribution in [0.2, 0.25) is 0 Å². The van der Waals surface area contributed by atoms with Crippen LogP contribution in [-0.2, 0) is 0 Å². The number of rotatable bonds is 6. The van der Waals surface area contributed by atoms with Gasteiger partial charge in [-0.05, 0) is 60.4 Å². The predicted molar refractivity (Wildman–Crippen MR) is 85.1 cm³/mol. The lowest BCUT2D eigenvalue weighted by atomic mass is 10.0. The Bertz CT molecular complexity index is 240. The van der Waals surface area contributed by atoms with Gasteiger partial charge in [-0.15, -0.1) is 0 Å². The molecular weight excluding hydrogens is 224 g/mol. The second-order valence-electron chi connectivity index (χ2n) is 7.17. The largest absolute Gasteiger partial charge is 0.282 e. The first kappa shape index (κ1) is 13.8. The van der Waals surface area contributed by atoms with Crippen LogP contribution in [0.3, 0.4) is 0 Å². The van der Waals surface area contributed by atoms with Crippen LogP contribution in [0, 0.1) is 5.92 Å². The smallest absolute Gasteiger partial charge is 0.0328 e. The highest BCUT2D eigenvalue weighted by atomic mass is 32.3. The first-order chi connectivity index (χ1) is 8.22. The number of unbranched alkanes of at least 4 members (excludes halogenated alkanes) is 2. The minimum atomic E-state index is -1.09. The molecule has 1 heteroatoms. The van der Waals surface area contributed by atoms with E-state index in [0.717, 1.165) is 5.92 Å². The molecule has 2 aliphatic heterocycles. The van der Waals surface area contributed by atoms with Crippen LogP contribution in [0.15, 0.2) is 0 Å². The zero-order chi connectivity index (χ0) is 12.2. The Hall–Kier alpha value is 0.350. The highest BCUT2D eigenvalue weighted by molar-refractivity contribution is 8.50. The summed E-state index contributed by atoms with van der Waals surface area (Å²) < 4.78 is 0. The van der Waals surface area contributed by atoms with Crippen LogP contribution in [0.1, 0.15) is 65.2 Å². The second kappa shape index (κ2) is 5.55. The van der Waals surface area contributed by atoms with Crippen molar-refractivity contribution in [2.45, 2.75) is 65.2 Å². The lowest BCUT2D eigenvalue weighted by molar-refractivity contribution is 0.467. The van der Waals surface area contributed by atoms with Gasteiger partial charge in [-0.2, -0.15) is 0 Å². The summed E-state index contributed by atoms with van der Waals surface area (Å²) in [6.45, 7) is 4.74. The van der Waals surface area contributed by atoms with Gasteiger partial charge in [0.1, 0.15) is 0 Å². The van der Waals surface area contributed by atoms with E-state index < -0.39 is 9.16 Å². The molecule has 0 N–H and O–H groups in total. The average Bonchev–Trinajstić information content (AvgIpc) is 2.29. The van der Waals surface area contributed by atoms with E-state index >= 15 is 0 Å². The molecule has 1 spiro atoms. The highest BCUT2D eigenvalue weighted by Gasteiger charge is 2.48. The third kappa shape index (κ3) is 2.85. The summed E-state index contributed by atoms with van der Waals surface area (Å²) in [5, 5.41) is 0. The second-order valence-corrected chi connectivity index (χ2v) is 13.8. The van der Waals surface area contributed by atoms with Gasteiger partial charge in [-0.1, -0.05) is 39.5 Å². The summed E-state index contributed by atoms with van der Waals surface area (Å²) >= 11 is 0. The standard InChI is InChI=1S/C16H34S/c1-3-5-6-11-17(13-8-14-17)12-7-10-16(15-17)9-4-2/h16-17H,3-15H2,1-2H3. The Morgan fingerprint density at radius 2 is 1.71 bits per heavy atom. The van der Waals surface area contributed by atoms with Crippen molar-refractivity contribution in [3.8, 4) is 0 Å². The van der Waals surface area contributed by atoms with Gasteiger partial charge < -0.3 is 0 Å². The minimum absolute atomic E-state index is 1.09. The Morgan fingerprint density at radius 3 is 2.29 bits per heavy atom. The van der Waals surface area contributed by atoms with Crippen molar-refractivity contribution < 1.29 is 0 Å². The SMILES string of the molecule is CCCCC[SH]12(CCCC(CCC)C1)CCC2. The molecule has 17 heavy (non-hydrogen) atoms. The molecule has 0 aromatic rings. The first-order valence-corrected chi connectivity index (χ1v) is 11.4. The molecule has 2 heterocycles. The summed E-state index contributed by atoms with van der Waals surface area (Å²) in [7, 11) is -1.09. The molecule has 2 fully saturated rings. The Balaban J connectivity index is 1.96. The van der Waals surface area contributed by atoms with Crippen molar-refractivity contribution >= 4 is 9.16 Å². The molecule has 2 saturated heterocycles. The van der Waals surface area contributed by atoms with Crippen molar-refractivity contribution in [1.29, 1.82) is 0 Å². The molecule has 0 radical (unpaired) electrons. The molecule has 0 aliphatic carbocycles. The number of hydrogen-bond donors (Lipinski definition) is 1. The van der Waals surface area contributed by atoms with Crippen LogP contribution in [0.25, 0.3) is 0 Å². The summed E-state index contributed by atoms with van der Waals surface area (Å²) in [4.78, 5) is 0. The van der Waals surface area contributed by atoms with Crippen LogP contribution < -0.4 is 0 Å². The molecule has 0 aromatic heterocycles. The van der Waals surface area contributed by atoms with E-state index in [1.54, 1.807) is 54.4 Å². The van der Waals surface area contributed by atoms with E-state index in [0.29, 0.717) is 0 Å². The van der Waals surface area contributed by atoms with E-state index in [1.807, 2.05) is 0 Å². The molecule has 1 atom stereocenters. The van der Waals surface area contributed by atoms with Gasteiger partial charge in [0.05, 0.1) is 0 Å². The minimum Gasteiger partial charge on any atom is -0.282 e. The third-order valence-corrected chi connectivity index (χ3v) is 13.7. The summed E-state index contributed by atoms with van der Waals surface area (Å²) in [6, 6.07) is 0. The van der Waals surface area contributed by atoms with Gasteiger partial charge in [0.2, 0.25) is 0 Å². The van der Waals surface area contributed by atoms with E-state index in [1.165, 1.54) is 25.7 Å². The fourth-order valence-corrected chi connectivity index (χ4v) is 12.4. The van der Waals surface area contributed by atoms with Gasteiger partial charge in [0, 0.05) is 0 Å². The predicted octanol–water partition coefficient (Wildman–Crippen LogP) is 4.86. The molecule has 0 bridgehead atoms. The number of thiol groups is 1. The fraction of sp³-hybridized carbons (Fsp3) is 1.00. The zero-order valence-electron chi connectivity index (χ0n) is 12.2. The Morgan fingerprint density at radius 1 is 0.941 bits per heavy atom. The molecular formula is C16H34S. The van der Waals surface area contributed by atoms with Crippen molar-refractivity contribution in [2.24, 2.45) is 5.92 Å². The molecule has 0 nitrogen and oxygen atoms in total. The van der Waals surface area contributed by atoms with Gasteiger partial charge in [0.15, 0.2) is 0 Å². The first-order valence-electron chi connectivity index (χ1n) is 8.22. The van der Waals surface area contributed by atoms with E-state index in [-0.39, 0.29) is 0 Å². The van der Waals surface area contributed by atoms with Crippen molar-refractivity contribution in [1.82, 2.24) is 0 Å². The van der Waals surface area contributed by atoms with E-state index in [9.17, 15) is 0 Å². The average molecular weight is 259 g/mol. The fourth-order valence-electron chi connectivity index (χ4n) is 4.85. The Labute approximate surface area is 109 Å². The lowest BCUT2D eigenvalue weighted by Crippen LogP contribution is -2.47. The van der Waals surface area contributed by atoms with Crippen molar-refractivity contribution in [2.75, 3.05) is 28.8 Å². The van der Waals surface area contributed by atoms with Crippen LogP contribution in [-0.4, -0.2) is 28.8 Å². The van der Waals surface area contributed by atoms with Gasteiger partial charge in [-0.3, -0.25) is 9.16 Å². The van der Waals surface area contributed by atoms with Crippen LogP contribution in [0.5, 0.6) is 0 Å². The summed E-state index contributed by atoms with van der Waals surface area (Å²) in [6.07, 6.45) is 12.2. The van der Waals surface area contributed by atoms with Gasteiger partial charge in [-0.25, -0.2) is 0 Å². The zero-order valence-corrected chi connectivity index (χ0v) is 13.1. The van der Waals surface area contributed by atoms with Gasteiger partial charge >= 0.3 is 0 Å². The van der Waals surface area contributed by atoms with Crippen LogP contribution >= 0.6 is 9.16 Å². The number of hydrogen-bond acceptors (Lipinski definition) is 0. The lowest BCUT2D eigenvalue weighted by Gasteiger charge is -2.72. The molecule has 2 aliphatic rings. The maximum absolute atomic E-state index is 2.38. The summed E-state index contributed by atoms with van der Waals surface area (Å²) in [5.74, 6) is 9.66. The molecule has 0 saturated carbocycles.